The fourth-order valence-corrected chi connectivity index (χ4v) is 2.04. The smallest absolute Gasteiger partial charge is 0.123 e. The lowest BCUT2D eigenvalue weighted by Crippen LogP contribution is -2.22. The van der Waals surface area contributed by atoms with E-state index in [-0.39, 0.29) is 4.75 Å². The van der Waals surface area contributed by atoms with Gasteiger partial charge in [0.1, 0.15) is 5.82 Å². The minimum atomic E-state index is 0.175. The number of aromatic nitrogens is 3. The molecular formula is C13H18N4S. The Morgan fingerprint density at radius 3 is 2.89 bits per heavy atom. The van der Waals surface area contributed by atoms with E-state index in [4.69, 9.17) is 5.73 Å². The molecule has 5 heteroatoms. The zero-order valence-corrected chi connectivity index (χ0v) is 11.7. The molecule has 2 rings (SSSR count). The number of hydrogen-bond acceptors (Lipinski definition) is 4. The Bertz CT molecular complexity index is 533. The summed E-state index contributed by atoms with van der Waals surface area (Å²) in [6, 6.07) is 3.83. The van der Waals surface area contributed by atoms with Crippen LogP contribution in [0.4, 0.5) is 5.82 Å². The monoisotopic (exact) mass is 262 g/mol. The fraction of sp³-hybridized carbons (Fsp3) is 0.385. The average Bonchev–Trinajstić information content (AvgIpc) is 2.76. The topological polar surface area (TPSA) is 56.7 Å². The number of nitrogen functional groups attached to an aromatic ring is 1. The van der Waals surface area contributed by atoms with E-state index in [0.717, 1.165) is 17.8 Å². The van der Waals surface area contributed by atoms with Crippen LogP contribution in [0, 0.1) is 0 Å². The van der Waals surface area contributed by atoms with Crippen LogP contribution in [0.5, 0.6) is 0 Å². The van der Waals surface area contributed by atoms with Gasteiger partial charge in [0.05, 0.1) is 18.2 Å². The number of pyridine rings is 1. The fourth-order valence-electron chi connectivity index (χ4n) is 1.77. The quantitative estimate of drug-likeness (QED) is 0.920. The Balaban J connectivity index is 2.33. The molecule has 0 unspecified atom stereocenters. The second-order valence-electron chi connectivity index (χ2n) is 4.84. The van der Waals surface area contributed by atoms with Crippen LogP contribution in [0.1, 0.15) is 13.8 Å². The molecule has 0 aromatic carbocycles. The summed E-state index contributed by atoms with van der Waals surface area (Å²) >= 11 is 1.85. The summed E-state index contributed by atoms with van der Waals surface area (Å²) < 4.78 is 2.33. The Kier molecular flexibility index (Phi) is 3.61. The van der Waals surface area contributed by atoms with Crippen LogP contribution < -0.4 is 5.73 Å². The highest BCUT2D eigenvalue weighted by molar-refractivity contribution is 7.99. The molecule has 0 radical (unpaired) electrons. The second kappa shape index (κ2) is 5.02. The second-order valence-corrected chi connectivity index (χ2v) is 6.35. The van der Waals surface area contributed by atoms with Crippen molar-refractivity contribution in [3.05, 3.63) is 30.9 Å². The largest absolute Gasteiger partial charge is 0.384 e. The van der Waals surface area contributed by atoms with Crippen LogP contribution in [0.3, 0.4) is 0 Å². The average molecular weight is 262 g/mol. The molecular weight excluding hydrogens is 244 g/mol. The SMILES string of the molecule is CSC(C)(C)Cn1cncc1-c1ccnc(N)c1. The summed E-state index contributed by atoms with van der Waals surface area (Å²) in [5, 5.41) is 0. The lowest BCUT2D eigenvalue weighted by molar-refractivity contribution is 0.571. The molecule has 2 N–H and O–H groups in total. The lowest BCUT2D eigenvalue weighted by atomic mass is 10.1. The van der Waals surface area contributed by atoms with Crippen LogP contribution in [0.15, 0.2) is 30.9 Å². The Morgan fingerprint density at radius 2 is 2.22 bits per heavy atom. The summed E-state index contributed by atoms with van der Waals surface area (Å²) in [5.41, 5.74) is 7.85. The predicted octanol–water partition coefficient (Wildman–Crippen LogP) is 2.67. The lowest BCUT2D eigenvalue weighted by Gasteiger charge is -2.23. The number of imidazole rings is 1. The molecule has 18 heavy (non-hydrogen) atoms. The Labute approximate surface area is 112 Å². The van der Waals surface area contributed by atoms with Gasteiger partial charge in [-0.2, -0.15) is 11.8 Å². The molecule has 0 saturated carbocycles. The first kappa shape index (κ1) is 13.0. The van der Waals surface area contributed by atoms with Gasteiger partial charge in [0.2, 0.25) is 0 Å². The summed E-state index contributed by atoms with van der Waals surface area (Å²) in [5.74, 6) is 0.532. The number of hydrogen-bond donors (Lipinski definition) is 1. The zero-order chi connectivity index (χ0) is 13.2. The van der Waals surface area contributed by atoms with Crippen molar-refractivity contribution in [1.82, 2.24) is 14.5 Å². The van der Waals surface area contributed by atoms with Crippen molar-refractivity contribution < 1.29 is 0 Å². The molecule has 0 bridgehead atoms. The van der Waals surface area contributed by atoms with E-state index in [1.165, 1.54) is 0 Å². The molecule has 0 fully saturated rings. The highest BCUT2D eigenvalue weighted by Gasteiger charge is 2.18. The number of nitrogens with two attached hydrogens (primary N) is 1. The molecule has 0 spiro atoms. The third-order valence-electron chi connectivity index (χ3n) is 2.89. The van der Waals surface area contributed by atoms with Crippen LogP contribution >= 0.6 is 11.8 Å². The van der Waals surface area contributed by atoms with Gasteiger partial charge in [-0.3, -0.25) is 0 Å². The van der Waals surface area contributed by atoms with Crippen molar-refractivity contribution in [2.75, 3.05) is 12.0 Å². The Hall–Kier alpha value is -1.49. The maximum atomic E-state index is 5.72. The summed E-state index contributed by atoms with van der Waals surface area (Å²) in [6.07, 6.45) is 7.58. The molecule has 0 saturated heterocycles. The first-order valence-electron chi connectivity index (χ1n) is 5.79. The molecule has 0 aliphatic carbocycles. The van der Waals surface area contributed by atoms with E-state index in [0.29, 0.717) is 5.82 Å². The molecule has 0 atom stereocenters. The normalized spacial score (nSPS) is 11.7. The minimum Gasteiger partial charge on any atom is -0.384 e. The van der Waals surface area contributed by atoms with Crippen LogP contribution in [0.2, 0.25) is 0 Å². The maximum absolute atomic E-state index is 5.72. The van der Waals surface area contributed by atoms with Gasteiger partial charge in [0.25, 0.3) is 0 Å². The van der Waals surface area contributed by atoms with Gasteiger partial charge in [-0.1, -0.05) is 0 Å². The van der Waals surface area contributed by atoms with Gasteiger partial charge in [0, 0.05) is 23.1 Å². The third kappa shape index (κ3) is 2.85. The highest BCUT2D eigenvalue weighted by Crippen LogP contribution is 2.27. The standard InChI is InChI=1S/C13H18N4S/c1-13(2,18-3)8-17-9-15-7-11(17)10-4-5-16-12(14)6-10/h4-7,9H,8H2,1-3H3,(H2,14,16). The number of nitrogens with zero attached hydrogens (tertiary/aromatic N) is 3. The first-order valence-corrected chi connectivity index (χ1v) is 7.01. The maximum Gasteiger partial charge on any atom is 0.123 e. The summed E-state index contributed by atoms with van der Waals surface area (Å²) in [7, 11) is 0. The zero-order valence-electron chi connectivity index (χ0n) is 10.9. The van der Waals surface area contributed by atoms with E-state index in [1.54, 1.807) is 6.20 Å². The van der Waals surface area contributed by atoms with Crippen molar-refractivity contribution in [3.8, 4) is 11.3 Å². The van der Waals surface area contributed by atoms with Crippen molar-refractivity contribution in [1.29, 1.82) is 0 Å². The predicted molar refractivity (Wildman–Crippen MR) is 77.5 cm³/mol. The van der Waals surface area contributed by atoms with Gasteiger partial charge >= 0.3 is 0 Å². The van der Waals surface area contributed by atoms with Crippen LogP contribution in [-0.2, 0) is 6.54 Å². The minimum absolute atomic E-state index is 0.175. The third-order valence-corrected chi connectivity index (χ3v) is 4.13. The van der Waals surface area contributed by atoms with E-state index < -0.39 is 0 Å². The molecule has 2 heterocycles. The van der Waals surface area contributed by atoms with Gasteiger partial charge in [-0.15, -0.1) is 0 Å². The number of rotatable bonds is 4. The molecule has 4 nitrogen and oxygen atoms in total. The van der Waals surface area contributed by atoms with E-state index in [9.17, 15) is 0 Å². The van der Waals surface area contributed by atoms with E-state index in [2.05, 4.69) is 34.6 Å². The van der Waals surface area contributed by atoms with E-state index in [1.807, 2.05) is 36.4 Å². The van der Waals surface area contributed by atoms with Crippen molar-refractivity contribution >= 4 is 17.6 Å². The molecule has 0 aliphatic rings. The van der Waals surface area contributed by atoms with Crippen molar-refractivity contribution in [2.45, 2.75) is 25.1 Å². The number of thioether (sulfide) groups is 1. The molecule has 96 valence electrons. The summed E-state index contributed by atoms with van der Waals surface area (Å²) in [6.45, 7) is 5.36. The van der Waals surface area contributed by atoms with Crippen LogP contribution in [-0.4, -0.2) is 25.5 Å². The highest BCUT2D eigenvalue weighted by atomic mass is 32.2. The molecule has 0 amide bonds. The van der Waals surface area contributed by atoms with Crippen molar-refractivity contribution in [2.24, 2.45) is 0 Å². The summed E-state index contributed by atoms with van der Waals surface area (Å²) in [4.78, 5) is 8.25. The Morgan fingerprint density at radius 1 is 1.44 bits per heavy atom. The first-order chi connectivity index (χ1) is 8.52. The van der Waals surface area contributed by atoms with Crippen molar-refractivity contribution in [3.63, 3.8) is 0 Å². The molecule has 2 aromatic rings. The van der Waals surface area contributed by atoms with Gasteiger partial charge in [-0.05, 0) is 32.2 Å². The van der Waals surface area contributed by atoms with Crippen LogP contribution in [0.25, 0.3) is 11.3 Å². The molecule has 0 aliphatic heterocycles. The number of anilines is 1. The van der Waals surface area contributed by atoms with Gasteiger partial charge in [0.15, 0.2) is 0 Å². The molecule has 2 aromatic heterocycles. The van der Waals surface area contributed by atoms with Gasteiger partial charge in [-0.25, -0.2) is 9.97 Å². The van der Waals surface area contributed by atoms with E-state index >= 15 is 0 Å². The van der Waals surface area contributed by atoms with Gasteiger partial charge < -0.3 is 10.3 Å².